The highest BCUT2D eigenvalue weighted by atomic mass is 16.5. The molecule has 0 bridgehead atoms. The van der Waals surface area contributed by atoms with E-state index < -0.39 is 12.0 Å². The zero-order chi connectivity index (χ0) is 9.68. The number of isocyanates is 1. The van der Waals surface area contributed by atoms with Crippen LogP contribution in [0, 0.1) is 5.92 Å². The first-order valence-electron chi connectivity index (χ1n) is 4.44. The second kappa shape index (κ2) is 4.77. The van der Waals surface area contributed by atoms with Crippen LogP contribution in [0.5, 0.6) is 0 Å². The van der Waals surface area contributed by atoms with Crippen LogP contribution in [-0.2, 0) is 14.3 Å². The molecule has 0 aromatic heterocycles. The molecule has 0 radical (unpaired) electrons. The molecule has 4 nitrogen and oxygen atoms in total. The van der Waals surface area contributed by atoms with E-state index in [9.17, 15) is 9.59 Å². The van der Waals surface area contributed by atoms with Crippen molar-refractivity contribution in [1.82, 2.24) is 0 Å². The molecular formula is C9H13NO3. The van der Waals surface area contributed by atoms with Gasteiger partial charge in [0.05, 0.1) is 7.11 Å². The minimum atomic E-state index is -0.620. The summed E-state index contributed by atoms with van der Waals surface area (Å²) in [6.07, 6.45) is 5.54. The van der Waals surface area contributed by atoms with Crippen molar-refractivity contribution in [2.45, 2.75) is 31.7 Å². The lowest BCUT2D eigenvalue weighted by Crippen LogP contribution is -2.27. The molecule has 1 atom stereocenters. The van der Waals surface area contributed by atoms with Crippen LogP contribution in [0.15, 0.2) is 4.99 Å². The molecule has 0 saturated heterocycles. The lowest BCUT2D eigenvalue weighted by Gasteiger charge is -2.14. The van der Waals surface area contributed by atoms with Gasteiger partial charge in [0.2, 0.25) is 6.08 Å². The van der Waals surface area contributed by atoms with Gasteiger partial charge in [0.25, 0.3) is 0 Å². The lowest BCUT2D eigenvalue weighted by atomic mass is 9.99. The summed E-state index contributed by atoms with van der Waals surface area (Å²) in [6, 6.07) is -0.620. The van der Waals surface area contributed by atoms with E-state index in [1.807, 2.05) is 0 Å². The molecule has 1 rings (SSSR count). The molecule has 4 heteroatoms. The summed E-state index contributed by atoms with van der Waals surface area (Å²) in [5, 5.41) is 0. The van der Waals surface area contributed by atoms with Crippen molar-refractivity contribution < 1.29 is 14.3 Å². The minimum Gasteiger partial charge on any atom is -0.467 e. The van der Waals surface area contributed by atoms with Gasteiger partial charge in [-0.3, -0.25) is 0 Å². The summed E-state index contributed by atoms with van der Waals surface area (Å²) in [5.74, 6) is -0.246. The maximum atomic E-state index is 11.2. The van der Waals surface area contributed by atoms with Crippen molar-refractivity contribution in [3.8, 4) is 0 Å². The SMILES string of the molecule is COC(=O)C(N=C=O)C1CCCC1. The Balaban J connectivity index is 2.65. The maximum absolute atomic E-state index is 11.2. The van der Waals surface area contributed by atoms with E-state index in [0.717, 1.165) is 25.7 Å². The number of ether oxygens (including phenoxy) is 1. The molecule has 1 aliphatic carbocycles. The fourth-order valence-electron chi connectivity index (χ4n) is 1.80. The predicted molar refractivity (Wildman–Crippen MR) is 45.9 cm³/mol. The average molecular weight is 183 g/mol. The Morgan fingerprint density at radius 3 is 2.62 bits per heavy atom. The molecule has 0 heterocycles. The molecule has 1 saturated carbocycles. The third-order valence-electron chi connectivity index (χ3n) is 2.48. The second-order valence-electron chi connectivity index (χ2n) is 3.23. The molecule has 1 unspecified atom stereocenters. The Bertz CT molecular complexity index is 227. The third-order valence-corrected chi connectivity index (χ3v) is 2.48. The van der Waals surface area contributed by atoms with E-state index >= 15 is 0 Å². The van der Waals surface area contributed by atoms with Crippen LogP contribution >= 0.6 is 0 Å². The molecule has 0 amide bonds. The minimum absolute atomic E-state index is 0.175. The fourth-order valence-corrected chi connectivity index (χ4v) is 1.80. The summed E-state index contributed by atoms with van der Waals surface area (Å²) in [5.41, 5.74) is 0. The van der Waals surface area contributed by atoms with Crippen LogP contribution in [0.1, 0.15) is 25.7 Å². The normalized spacial score (nSPS) is 19.2. The molecule has 0 spiro atoms. The molecule has 13 heavy (non-hydrogen) atoms. The largest absolute Gasteiger partial charge is 0.467 e. The van der Waals surface area contributed by atoms with E-state index in [0.29, 0.717) is 0 Å². The van der Waals surface area contributed by atoms with Crippen molar-refractivity contribution in [1.29, 1.82) is 0 Å². The first-order chi connectivity index (χ1) is 6.29. The second-order valence-corrected chi connectivity index (χ2v) is 3.23. The Morgan fingerprint density at radius 1 is 1.54 bits per heavy atom. The Hall–Kier alpha value is -1.15. The van der Waals surface area contributed by atoms with Gasteiger partial charge in [-0.25, -0.2) is 9.59 Å². The van der Waals surface area contributed by atoms with Crippen LogP contribution in [-0.4, -0.2) is 25.2 Å². The van der Waals surface area contributed by atoms with Crippen molar-refractivity contribution in [3.63, 3.8) is 0 Å². The highest BCUT2D eigenvalue weighted by Crippen LogP contribution is 2.29. The third kappa shape index (κ3) is 2.39. The molecule has 72 valence electrons. The molecular weight excluding hydrogens is 170 g/mol. The van der Waals surface area contributed by atoms with E-state index in [-0.39, 0.29) is 5.92 Å². The topological polar surface area (TPSA) is 55.7 Å². The monoisotopic (exact) mass is 183 g/mol. The van der Waals surface area contributed by atoms with E-state index in [1.54, 1.807) is 0 Å². The molecule has 1 aliphatic rings. The number of hydrogen-bond donors (Lipinski definition) is 0. The zero-order valence-corrected chi connectivity index (χ0v) is 7.66. The van der Waals surface area contributed by atoms with Crippen LogP contribution in [0.4, 0.5) is 0 Å². The number of hydrogen-bond acceptors (Lipinski definition) is 4. The maximum Gasteiger partial charge on any atom is 0.331 e. The summed E-state index contributed by atoms with van der Waals surface area (Å²) >= 11 is 0. The standard InChI is InChI=1S/C9H13NO3/c1-13-9(12)8(10-6-11)7-4-2-3-5-7/h7-8H,2-5H2,1H3. The van der Waals surface area contributed by atoms with Gasteiger partial charge in [-0.15, -0.1) is 0 Å². The van der Waals surface area contributed by atoms with Crippen LogP contribution in [0.2, 0.25) is 0 Å². The number of rotatable bonds is 3. The number of carbonyl (C=O) groups is 1. The fraction of sp³-hybridized carbons (Fsp3) is 0.778. The van der Waals surface area contributed by atoms with Crippen molar-refractivity contribution >= 4 is 12.0 Å². The molecule has 0 aromatic rings. The summed E-state index contributed by atoms with van der Waals surface area (Å²) < 4.78 is 4.57. The number of aliphatic imine (C=N–C) groups is 1. The molecule has 0 N–H and O–H groups in total. The van der Waals surface area contributed by atoms with Crippen LogP contribution < -0.4 is 0 Å². The zero-order valence-electron chi connectivity index (χ0n) is 7.66. The summed E-state index contributed by atoms with van der Waals surface area (Å²) in [7, 11) is 1.31. The van der Waals surface area contributed by atoms with E-state index in [2.05, 4.69) is 9.73 Å². The van der Waals surface area contributed by atoms with Gasteiger partial charge < -0.3 is 4.74 Å². The average Bonchev–Trinajstić information content (AvgIpc) is 2.65. The highest BCUT2D eigenvalue weighted by molar-refractivity contribution is 5.77. The van der Waals surface area contributed by atoms with Crippen molar-refractivity contribution in [2.24, 2.45) is 10.9 Å². The first-order valence-corrected chi connectivity index (χ1v) is 4.44. The Morgan fingerprint density at radius 2 is 2.15 bits per heavy atom. The van der Waals surface area contributed by atoms with Gasteiger partial charge >= 0.3 is 5.97 Å². The highest BCUT2D eigenvalue weighted by Gasteiger charge is 2.31. The van der Waals surface area contributed by atoms with Gasteiger partial charge in [-0.2, -0.15) is 4.99 Å². The number of methoxy groups -OCH3 is 1. The van der Waals surface area contributed by atoms with Gasteiger partial charge in [0.15, 0.2) is 6.04 Å². The summed E-state index contributed by atoms with van der Waals surface area (Å²) in [6.45, 7) is 0. The number of nitrogens with zero attached hydrogens (tertiary/aromatic N) is 1. The molecule has 0 aromatic carbocycles. The van der Waals surface area contributed by atoms with Gasteiger partial charge in [0.1, 0.15) is 0 Å². The van der Waals surface area contributed by atoms with E-state index in [4.69, 9.17) is 0 Å². The quantitative estimate of drug-likeness (QED) is 0.373. The molecule has 0 aliphatic heterocycles. The van der Waals surface area contributed by atoms with Crippen molar-refractivity contribution in [2.75, 3.05) is 7.11 Å². The van der Waals surface area contributed by atoms with Gasteiger partial charge in [0, 0.05) is 0 Å². The smallest absolute Gasteiger partial charge is 0.331 e. The number of carbonyl (C=O) groups excluding carboxylic acids is 2. The van der Waals surface area contributed by atoms with Gasteiger partial charge in [-0.05, 0) is 18.8 Å². The predicted octanol–water partition coefficient (Wildman–Crippen LogP) is 1.05. The lowest BCUT2D eigenvalue weighted by molar-refractivity contribution is -0.143. The Labute approximate surface area is 77.0 Å². The summed E-state index contributed by atoms with van der Waals surface area (Å²) in [4.78, 5) is 24.8. The van der Waals surface area contributed by atoms with E-state index in [1.165, 1.54) is 13.2 Å². The Kier molecular flexibility index (Phi) is 3.65. The van der Waals surface area contributed by atoms with Crippen molar-refractivity contribution in [3.05, 3.63) is 0 Å². The van der Waals surface area contributed by atoms with Crippen LogP contribution in [0.3, 0.4) is 0 Å². The van der Waals surface area contributed by atoms with Gasteiger partial charge in [-0.1, -0.05) is 12.8 Å². The first kappa shape index (κ1) is 9.93. The molecule has 1 fully saturated rings. The number of esters is 1. The van der Waals surface area contributed by atoms with Crippen LogP contribution in [0.25, 0.3) is 0 Å².